The molecular formula is C83H89N7O23S2. The summed E-state index contributed by atoms with van der Waals surface area (Å²) in [4.78, 5) is 64.8. The van der Waals surface area contributed by atoms with E-state index in [1.807, 2.05) is 45.0 Å². The topological polar surface area (TPSA) is 359 Å². The molecule has 20 rings (SSSR count). The summed E-state index contributed by atoms with van der Waals surface area (Å²) in [5.41, 5.74) is 8.01. The Kier molecular flexibility index (Phi) is 19.8. The van der Waals surface area contributed by atoms with Gasteiger partial charge in [-0.1, -0.05) is 37.4 Å². The molecule has 30 nitrogen and oxygen atoms in total. The highest BCUT2D eigenvalue weighted by Gasteiger charge is 2.65. The molecular weight excluding hydrogens is 1530 g/mol. The molecule has 606 valence electrons. The van der Waals surface area contributed by atoms with Gasteiger partial charge in [-0.15, -0.1) is 23.5 Å². The first kappa shape index (κ1) is 77.4. The lowest BCUT2D eigenvalue weighted by Crippen LogP contribution is -2.70. The monoisotopic (exact) mass is 1620 g/mol. The van der Waals surface area contributed by atoms with E-state index in [4.69, 9.17) is 66.3 Å². The molecule has 14 aliphatic rings. The van der Waals surface area contributed by atoms with Crippen molar-refractivity contribution in [3.63, 3.8) is 0 Å². The largest absolute Gasteiger partial charge is 0.514 e. The zero-order chi connectivity index (χ0) is 80.9. The molecule has 0 amide bonds. The van der Waals surface area contributed by atoms with E-state index in [0.717, 1.165) is 33.4 Å². The molecule has 4 saturated heterocycles. The van der Waals surface area contributed by atoms with Crippen molar-refractivity contribution in [3.8, 4) is 86.6 Å². The predicted molar refractivity (Wildman–Crippen MR) is 414 cm³/mol. The van der Waals surface area contributed by atoms with Crippen LogP contribution in [-0.4, -0.2) is 213 Å². The number of aliphatic hydroxyl groups is 1. The lowest BCUT2D eigenvalue weighted by molar-refractivity contribution is -0.186. The number of methoxy groups -OCH3 is 4. The number of aromatic hydroxyl groups is 4. The van der Waals surface area contributed by atoms with Crippen LogP contribution < -0.4 is 58.0 Å². The summed E-state index contributed by atoms with van der Waals surface area (Å²) in [5.74, 6) is 2.22. The van der Waals surface area contributed by atoms with Gasteiger partial charge in [0.15, 0.2) is 80.1 Å². The first-order valence-electron chi connectivity index (χ1n) is 38.0. The summed E-state index contributed by atoms with van der Waals surface area (Å²) in [6.45, 7) is 14.7. The number of hydrogen-bond acceptors (Lipinski definition) is 32. The second-order valence-corrected chi connectivity index (χ2v) is 33.0. The van der Waals surface area contributed by atoms with Crippen LogP contribution in [0.2, 0.25) is 0 Å². The fraction of sp³-hybridized carbons (Fsp3) is 0.458. The van der Waals surface area contributed by atoms with Crippen molar-refractivity contribution in [2.75, 3.05) is 107 Å². The number of esters is 2. The van der Waals surface area contributed by atoms with Gasteiger partial charge in [-0.2, -0.15) is 5.26 Å². The highest BCUT2D eigenvalue weighted by atomic mass is 32.2. The minimum atomic E-state index is -1.40. The summed E-state index contributed by atoms with van der Waals surface area (Å²) in [7, 11) is 9.87. The van der Waals surface area contributed by atoms with Crippen LogP contribution in [0.5, 0.6) is 80.5 Å². The number of carbonyl (C=O) groups excluding carboxylic acids is 4. The molecule has 2 spiro atoms. The van der Waals surface area contributed by atoms with Crippen LogP contribution in [0, 0.1) is 39.0 Å². The second kappa shape index (κ2) is 29.5. The summed E-state index contributed by atoms with van der Waals surface area (Å²) >= 11 is 2.87. The normalized spacial score (nSPS) is 28.1. The van der Waals surface area contributed by atoms with Gasteiger partial charge in [-0.25, -0.2) is 19.2 Å². The first-order valence-corrected chi connectivity index (χ1v) is 40.1. The van der Waals surface area contributed by atoms with E-state index in [0.29, 0.717) is 129 Å². The third-order valence-corrected chi connectivity index (χ3v) is 28.2. The van der Waals surface area contributed by atoms with Crippen LogP contribution in [-0.2, 0) is 65.3 Å². The van der Waals surface area contributed by atoms with E-state index in [1.54, 1.807) is 38.1 Å². The number of ether oxygens (including phenoxy) is 14. The Bertz CT molecular complexity index is 5150. The van der Waals surface area contributed by atoms with Crippen LogP contribution in [0.1, 0.15) is 124 Å². The van der Waals surface area contributed by atoms with Gasteiger partial charge in [0.25, 0.3) is 0 Å². The third kappa shape index (κ3) is 11.7. The fourth-order valence-corrected chi connectivity index (χ4v) is 23.8. The molecule has 2 unspecified atom stereocenters. The standard InChI is InChI=1S/C42H44N4O11S.C41H45N3O12S/c1-7-10-53-41(50)57-36-20(3)37-38(56-18-55-37)30-26-16-54-40(49)42(23-14-28(51-5)27(47)13-21(23)8-9-44-42)17-58-39(31(30)36)33-32-29-22(11-19(2)35(52-6)34(29)48)12-24(45(32)4)25(15-43)46(26)33;1-7-10-52-40(49)56-34-19(3)35-36(55-17-54-35)28-24-15-53-39(48)41(22-14-26(50-5)25(45)13-20(22)8-9-42-41)16-57-37(29(28)34)31-30-27-21(11-18(2)33(51-6)32(27)46)12-23(43(30)4)38(47)44(24)31/h7,11,13-14,24-26,32-33,39,44,47-48H,1,8-10,12,16-18H2,2-6H3;7,11,13-14,23-24,30-31,37-38,42,45-47H,1,8-10,12,15-17H2,2-6H3/t24-,25-,26-,32+,33?,39+,42+;23-,24-,30+,31?,37+,38-,41+/m00/s1. The van der Waals surface area contributed by atoms with Crippen LogP contribution in [0.15, 0.2) is 61.7 Å². The maximum Gasteiger partial charge on any atom is 0.514 e. The number of likely N-dealkylation sites (N-methyl/N-ethyl adjacent to an activating group) is 2. The van der Waals surface area contributed by atoms with Crippen molar-refractivity contribution >= 4 is 47.8 Å². The molecule has 14 heterocycles. The maximum atomic E-state index is 14.8. The molecule has 6 aromatic rings. The van der Waals surface area contributed by atoms with Crippen molar-refractivity contribution in [3.05, 3.63) is 151 Å². The number of aryl methyl sites for hydroxylation is 2. The zero-order valence-electron chi connectivity index (χ0n) is 65.0. The maximum absolute atomic E-state index is 14.8. The number of fused-ring (bicyclic) bond motifs is 18. The van der Waals surface area contributed by atoms with Gasteiger partial charge in [0.05, 0.1) is 75.2 Å². The van der Waals surface area contributed by atoms with Gasteiger partial charge in [0.2, 0.25) is 13.6 Å². The summed E-state index contributed by atoms with van der Waals surface area (Å²) < 4.78 is 82.9. The number of aliphatic hydroxyl groups excluding tert-OH is 1. The van der Waals surface area contributed by atoms with Crippen molar-refractivity contribution in [1.82, 2.24) is 30.2 Å². The van der Waals surface area contributed by atoms with Crippen molar-refractivity contribution in [1.29, 1.82) is 5.26 Å². The molecule has 7 N–H and O–H groups in total. The summed E-state index contributed by atoms with van der Waals surface area (Å²) in [5, 5.41) is 75.2. The zero-order valence-corrected chi connectivity index (χ0v) is 66.6. The van der Waals surface area contributed by atoms with E-state index in [9.17, 15) is 50.0 Å². The summed E-state index contributed by atoms with van der Waals surface area (Å²) in [6, 6.07) is 7.90. The Morgan fingerprint density at radius 3 is 1.43 bits per heavy atom. The smallest absolute Gasteiger partial charge is 0.504 e. The van der Waals surface area contributed by atoms with Crippen LogP contribution in [0.4, 0.5) is 9.59 Å². The molecule has 4 fully saturated rings. The van der Waals surface area contributed by atoms with E-state index in [-0.39, 0.29) is 104 Å². The number of phenols is 4. The van der Waals surface area contributed by atoms with E-state index >= 15 is 0 Å². The molecule has 0 aliphatic carbocycles. The number of benzene rings is 6. The fourth-order valence-electron chi connectivity index (χ4n) is 20.4. The molecule has 115 heavy (non-hydrogen) atoms. The average molecular weight is 1620 g/mol. The van der Waals surface area contributed by atoms with Gasteiger partial charge in [-0.3, -0.25) is 30.2 Å². The van der Waals surface area contributed by atoms with Crippen LogP contribution >= 0.6 is 23.5 Å². The minimum Gasteiger partial charge on any atom is -0.504 e. The van der Waals surface area contributed by atoms with Gasteiger partial charge >= 0.3 is 24.2 Å². The number of carbonyl (C=O) groups is 4. The quantitative estimate of drug-likeness (QED) is 0.0291. The van der Waals surface area contributed by atoms with Crippen LogP contribution in [0.25, 0.3) is 0 Å². The Balaban J connectivity index is 0.000000166. The van der Waals surface area contributed by atoms with E-state index in [2.05, 4.69) is 44.6 Å². The molecule has 32 heteroatoms. The molecule has 0 aromatic heterocycles. The van der Waals surface area contributed by atoms with Gasteiger partial charge in [0.1, 0.15) is 50.2 Å². The molecule has 14 atom stereocenters. The molecule has 0 radical (unpaired) electrons. The number of phenolic OH excluding ortho intramolecular Hbond substituents is 4. The lowest BCUT2D eigenvalue weighted by Gasteiger charge is -2.62. The number of hydrogen-bond donors (Lipinski definition) is 7. The lowest BCUT2D eigenvalue weighted by atomic mass is 9.71. The first-order chi connectivity index (χ1) is 55.4. The van der Waals surface area contributed by atoms with Crippen molar-refractivity contribution in [2.24, 2.45) is 0 Å². The number of rotatable bonds is 10. The average Bonchev–Trinajstić information content (AvgIpc) is 1.51. The van der Waals surface area contributed by atoms with Gasteiger partial charge in [0, 0.05) is 87.2 Å². The Morgan fingerprint density at radius 2 is 1.00 bits per heavy atom. The number of nitrogens with one attached hydrogen (secondary N) is 2. The number of thioether (sulfide) groups is 2. The molecule has 6 aromatic carbocycles. The van der Waals surface area contributed by atoms with Crippen LogP contribution in [0.3, 0.4) is 0 Å². The summed E-state index contributed by atoms with van der Waals surface area (Å²) in [6.07, 6.45) is 1.88. The highest BCUT2D eigenvalue weighted by molar-refractivity contribution is 7.99. The van der Waals surface area contributed by atoms with Gasteiger partial charge in [-0.05, 0) is 136 Å². The SMILES string of the molecule is C=CCOC(=O)Oc1c(C)c2c(c3c1[C@H]1SC[C@]4(NCCc5cc(O)c(OC)cc54)C(=O)OC[C@@H]3N3C1[C@H]1c4c(cc(C)c(OC)c4O)C[C@@H]([C@@H]3C#N)N1C)OCO2.C=CCOC(=O)Oc1c(C)c2c(c3c1[C@H]1SC[C@]4(NCCc5cc(O)c(OC)cc54)C(=O)OC[C@@H]3N3C1[C@H]1c4c(cc(C)c(OC)c4O)C[C@@H]([C@@H]3O)N1C)OCO2. The van der Waals surface area contributed by atoms with Crippen molar-refractivity contribution in [2.45, 2.75) is 136 Å². The number of nitrogens with zero attached hydrogens (tertiary/aromatic N) is 5. The third-order valence-electron chi connectivity index (χ3n) is 25.2. The number of nitriles is 1. The van der Waals surface area contributed by atoms with E-state index in [1.165, 1.54) is 64.1 Å². The Labute approximate surface area is 670 Å². The predicted octanol–water partition coefficient (Wildman–Crippen LogP) is 8.95. The Hall–Kier alpha value is -10.2. The minimum absolute atomic E-state index is 0.0151. The highest BCUT2D eigenvalue weighted by Crippen LogP contribution is 2.68. The number of piperazine rings is 2. The van der Waals surface area contributed by atoms with E-state index < -0.39 is 100 Å². The van der Waals surface area contributed by atoms with Gasteiger partial charge < -0.3 is 91.8 Å². The molecule has 8 bridgehead atoms. The second-order valence-electron chi connectivity index (χ2n) is 30.7. The molecule has 14 aliphatic heterocycles. The van der Waals surface area contributed by atoms with Crippen molar-refractivity contribution < 1.29 is 111 Å². The Morgan fingerprint density at radius 1 is 0.574 bits per heavy atom. The molecule has 0 saturated carbocycles.